The summed E-state index contributed by atoms with van der Waals surface area (Å²) in [5.74, 6) is -2.15. The first-order valence-corrected chi connectivity index (χ1v) is 6.78. The molecule has 0 bridgehead atoms. The second kappa shape index (κ2) is 5.37. The van der Waals surface area contributed by atoms with Crippen molar-refractivity contribution in [2.75, 3.05) is 18.1 Å². The summed E-state index contributed by atoms with van der Waals surface area (Å²) in [6.45, 7) is 0.979. The fraction of sp³-hybridized carbons (Fsp3) is 0.364. The van der Waals surface area contributed by atoms with Crippen molar-refractivity contribution >= 4 is 15.6 Å². The van der Waals surface area contributed by atoms with Gasteiger partial charge in [0.1, 0.15) is 11.6 Å². The molecule has 0 aromatic heterocycles. The van der Waals surface area contributed by atoms with Crippen molar-refractivity contribution in [3.63, 3.8) is 0 Å². The Bertz CT molecular complexity index is 522. The molecule has 0 saturated carbocycles. The molecule has 0 spiro atoms. The number of sulfone groups is 1. The van der Waals surface area contributed by atoms with Crippen molar-refractivity contribution in [3.05, 3.63) is 35.1 Å². The van der Waals surface area contributed by atoms with E-state index in [0.29, 0.717) is 0 Å². The normalized spacial score (nSPS) is 11.5. The van der Waals surface area contributed by atoms with Gasteiger partial charge in [-0.1, -0.05) is 0 Å². The topological polar surface area (TPSA) is 71.4 Å². The first-order chi connectivity index (χ1) is 7.85. The molecule has 1 N–H and O–H groups in total. The van der Waals surface area contributed by atoms with E-state index in [1.54, 1.807) is 0 Å². The van der Waals surface area contributed by atoms with Crippen LogP contribution in [0, 0.1) is 12.7 Å². The Kier molecular flexibility index (Phi) is 4.36. The summed E-state index contributed by atoms with van der Waals surface area (Å²) in [6.07, 6.45) is 0. The third-order valence-corrected chi connectivity index (χ3v) is 3.74. The van der Waals surface area contributed by atoms with Gasteiger partial charge in [-0.05, 0) is 30.7 Å². The highest BCUT2D eigenvalue weighted by molar-refractivity contribution is 7.92. The SMILES string of the molecule is Cc1cc(C(=O)CS(=O)(=O)CCO)ccc1F. The van der Waals surface area contributed by atoms with Crippen LogP contribution in [-0.4, -0.2) is 37.4 Å². The van der Waals surface area contributed by atoms with Crippen molar-refractivity contribution in [1.82, 2.24) is 0 Å². The standard InChI is InChI=1S/C11H13FO4S/c1-8-6-9(2-3-10(8)12)11(14)7-17(15,16)5-4-13/h2-3,6,13H,4-5,7H2,1H3. The molecule has 0 unspecified atom stereocenters. The van der Waals surface area contributed by atoms with Crippen molar-refractivity contribution in [1.29, 1.82) is 0 Å². The van der Waals surface area contributed by atoms with Crippen molar-refractivity contribution in [2.24, 2.45) is 0 Å². The number of carbonyl (C=O) groups is 1. The number of aliphatic hydroxyl groups is 1. The molecule has 4 nitrogen and oxygen atoms in total. The van der Waals surface area contributed by atoms with Gasteiger partial charge in [-0.25, -0.2) is 12.8 Å². The van der Waals surface area contributed by atoms with Gasteiger partial charge < -0.3 is 5.11 Å². The Morgan fingerprint density at radius 1 is 1.41 bits per heavy atom. The number of hydrogen-bond acceptors (Lipinski definition) is 4. The summed E-state index contributed by atoms with van der Waals surface area (Å²) in [7, 11) is -3.60. The first-order valence-electron chi connectivity index (χ1n) is 4.96. The van der Waals surface area contributed by atoms with Crippen LogP contribution in [0.4, 0.5) is 4.39 Å². The van der Waals surface area contributed by atoms with Gasteiger partial charge in [0.25, 0.3) is 0 Å². The van der Waals surface area contributed by atoms with Crippen LogP contribution in [0.1, 0.15) is 15.9 Å². The highest BCUT2D eigenvalue weighted by atomic mass is 32.2. The summed E-state index contributed by atoms with van der Waals surface area (Å²) in [5.41, 5.74) is 0.445. The lowest BCUT2D eigenvalue weighted by Gasteiger charge is -2.04. The van der Waals surface area contributed by atoms with E-state index in [4.69, 9.17) is 5.11 Å². The summed E-state index contributed by atoms with van der Waals surface area (Å²) >= 11 is 0. The molecule has 0 aliphatic rings. The zero-order valence-electron chi connectivity index (χ0n) is 9.31. The maximum Gasteiger partial charge on any atom is 0.177 e. The maximum absolute atomic E-state index is 13.0. The summed E-state index contributed by atoms with van der Waals surface area (Å²) < 4.78 is 35.6. The molecule has 0 amide bonds. The van der Waals surface area contributed by atoms with E-state index in [2.05, 4.69) is 0 Å². The van der Waals surface area contributed by atoms with Crippen LogP contribution in [-0.2, 0) is 9.84 Å². The highest BCUT2D eigenvalue weighted by Crippen LogP contribution is 2.10. The number of benzene rings is 1. The van der Waals surface area contributed by atoms with E-state index in [0.717, 1.165) is 6.07 Å². The van der Waals surface area contributed by atoms with Crippen LogP contribution in [0.5, 0.6) is 0 Å². The quantitative estimate of drug-likeness (QED) is 0.792. The molecule has 0 atom stereocenters. The van der Waals surface area contributed by atoms with Gasteiger partial charge in [0.2, 0.25) is 0 Å². The number of carbonyl (C=O) groups excluding carboxylic acids is 1. The highest BCUT2D eigenvalue weighted by Gasteiger charge is 2.17. The molecule has 0 radical (unpaired) electrons. The zero-order chi connectivity index (χ0) is 13.1. The molecule has 0 heterocycles. The van der Waals surface area contributed by atoms with E-state index in [-0.39, 0.29) is 11.1 Å². The van der Waals surface area contributed by atoms with E-state index in [1.165, 1.54) is 19.1 Å². The number of rotatable bonds is 5. The summed E-state index contributed by atoms with van der Waals surface area (Å²) in [4.78, 5) is 11.6. The zero-order valence-corrected chi connectivity index (χ0v) is 10.1. The van der Waals surface area contributed by atoms with Crippen LogP contribution in [0.3, 0.4) is 0 Å². The number of ketones is 1. The van der Waals surface area contributed by atoms with E-state index >= 15 is 0 Å². The Morgan fingerprint density at radius 2 is 2.06 bits per heavy atom. The second-order valence-electron chi connectivity index (χ2n) is 3.70. The Balaban J connectivity index is 2.87. The summed E-state index contributed by atoms with van der Waals surface area (Å²) in [6, 6.07) is 3.69. The lowest BCUT2D eigenvalue weighted by Crippen LogP contribution is -2.20. The minimum absolute atomic E-state index is 0.158. The molecule has 6 heteroatoms. The Hall–Kier alpha value is -1.27. The average Bonchev–Trinajstić information content (AvgIpc) is 2.21. The molecule has 1 aromatic carbocycles. The minimum Gasteiger partial charge on any atom is -0.395 e. The van der Waals surface area contributed by atoms with Crippen molar-refractivity contribution < 1.29 is 22.7 Å². The third kappa shape index (κ3) is 3.90. The lowest BCUT2D eigenvalue weighted by molar-refractivity contribution is 0.102. The van der Waals surface area contributed by atoms with Gasteiger partial charge in [0.15, 0.2) is 15.6 Å². The third-order valence-electron chi connectivity index (χ3n) is 2.23. The number of aliphatic hydroxyl groups excluding tert-OH is 1. The largest absolute Gasteiger partial charge is 0.395 e. The average molecular weight is 260 g/mol. The Morgan fingerprint density at radius 3 is 2.59 bits per heavy atom. The molecule has 0 aliphatic carbocycles. The fourth-order valence-electron chi connectivity index (χ4n) is 1.31. The molecule has 0 aliphatic heterocycles. The van der Waals surface area contributed by atoms with E-state index in [1.807, 2.05) is 0 Å². The van der Waals surface area contributed by atoms with Crippen molar-refractivity contribution in [3.8, 4) is 0 Å². The Labute approximate surface area is 99.0 Å². The molecule has 17 heavy (non-hydrogen) atoms. The smallest absolute Gasteiger partial charge is 0.177 e. The van der Waals surface area contributed by atoms with Crippen LogP contribution >= 0.6 is 0 Å². The van der Waals surface area contributed by atoms with Gasteiger partial charge >= 0.3 is 0 Å². The van der Waals surface area contributed by atoms with Crippen LogP contribution in [0.25, 0.3) is 0 Å². The lowest BCUT2D eigenvalue weighted by atomic mass is 10.1. The number of halogens is 1. The second-order valence-corrected chi connectivity index (χ2v) is 5.89. The van der Waals surface area contributed by atoms with Crippen LogP contribution < -0.4 is 0 Å². The van der Waals surface area contributed by atoms with Crippen LogP contribution in [0.2, 0.25) is 0 Å². The van der Waals surface area contributed by atoms with Crippen LogP contribution in [0.15, 0.2) is 18.2 Å². The molecular formula is C11H13FO4S. The molecule has 1 rings (SSSR count). The van der Waals surface area contributed by atoms with Gasteiger partial charge in [0, 0.05) is 5.56 Å². The monoisotopic (exact) mass is 260 g/mol. The van der Waals surface area contributed by atoms with Gasteiger partial charge in [-0.15, -0.1) is 0 Å². The first kappa shape index (κ1) is 13.8. The minimum atomic E-state index is -3.60. The number of aryl methyl sites for hydroxylation is 1. The number of hydrogen-bond donors (Lipinski definition) is 1. The van der Waals surface area contributed by atoms with Gasteiger partial charge in [-0.3, -0.25) is 4.79 Å². The van der Waals surface area contributed by atoms with Gasteiger partial charge in [-0.2, -0.15) is 0 Å². The molecule has 0 fully saturated rings. The predicted octanol–water partition coefficient (Wildman–Crippen LogP) is 0.724. The maximum atomic E-state index is 13.0. The summed E-state index contributed by atoms with van der Waals surface area (Å²) in [5, 5.41) is 8.53. The van der Waals surface area contributed by atoms with E-state index < -0.39 is 39.6 Å². The molecule has 0 saturated heterocycles. The van der Waals surface area contributed by atoms with Crippen molar-refractivity contribution in [2.45, 2.75) is 6.92 Å². The van der Waals surface area contributed by atoms with Gasteiger partial charge in [0.05, 0.1) is 12.4 Å². The molecule has 1 aromatic rings. The number of Topliss-reactive ketones (excluding diaryl/α,β-unsaturated/α-hetero) is 1. The molecular weight excluding hydrogens is 247 g/mol. The molecule has 94 valence electrons. The fourth-order valence-corrected chi connectivity index (χ4v) is 2.30. The van der Waals surface area contributed by atoms with E-state index in [9.17, 15) is 17.6 Å². The predicted molar refractivity (Wildman–Crippen MR) is 61.2 cm³/mol.